The number of benzene rings is 1. The van der Waals surface area contributed by atoms with E-state index in [1.54, 1.807) is 13.0 Å². The quantitative estimate of drug-likeness (QED) is 0.786. The molecule has 0 radical (unpaired) electrons. The van der Waals surface area contributed by atoms with Gasteiger partial charge in [0.1, 0.15) is 0 Å². The molecular weight excluding hydrogens is 212 g/mol. The van der Waals surface area contributed by atoms with Crippen molar-refractivity contribution in [3.63, 3.8) is 0 Å². The number of rotatable bonds is 4. The second kappa shape index (κ2) is 5.45. The van der Waals surface area contributed by atoms with Crippen LogP contribution in [-0.4, -0.2) is 6.10 Å². The zero-order chi connectivity index (χ0) is 12.1. The number of ether oxygens (including phenoxy) is 1. The zero-order valence-electron chi connectivity index (χ0n) is 9.26. The highest BCUT2D eigenvalue weighted by Gasteiger charge is 2.15. The maximum Gasteiger partial charge on any atom is 0.191 e. The molecular formula is C12H13F2NO. The first-order chi connectivity index (χ1) is 7.58. The summed E-state index contributed by atoms with van der Waals surface area (Å²) in [6.45, 7) is 3.71. The highest BCUT2D eigenvalue weighted by atomic mass is 19.1. The van der Waals surface area contributed by atoms with E-state index in [0.29, 0.717) is 0 Å². The molecule has 0 saturated heterocycles. The van der Waals surface area contributed by atoms with Gasteiger partial charge >= 0.3 is 0 Å². The molecule has 0 amide bonds. The Kier molecular flexibility index (Phi) is 4.24. The van der Waals surface area contributed by atoms with Crippen LogP contribution in [0, 0.1) is 23.0 Å². The molecule has 1 atom stereocenters. The number of halogens is 2. The van der Waals surface area contributed by atoms with Crippen LogP contribution in [0.15, 0.2) is 12.1 Å². The van der Waals surface area contributed by atoms with Gasteiger partial charge in [0.2, 0.25) is 0 Å². The largest absolute Gasteiger partial charge is 0.485 e. The van der Waals surface area contributed by atoms with Crippen LogP contribution in [0.2, 0.25) is 0 Å². The molecule has 1 rings (SSSR count). The maximum absolute atomic E-state index is 13.4. The Bertz CT molecular complexity index is 389. The number of hydrogen-bond acceptors (Lipinski definition) is 2. The van der Waals surface area contributed by atoms with Crippen molar-refractivity contribution in [3.05, 3.63) is 29.3 Å². The fourth-order valence-electron chi connectivity index (χ4n) is 1.40. The van der Waals surface area contributed by atoms with Crippen molar-refractivity contribution in [2.75, 3.05) is 0 Å². The number of nitriles is 1. The average Bonchev–Trinajstić information content (AvgIpc) is 2.23. The van der Waals surface area contributed by atoms with Crippen LogP contribution >= 0.6 is 0 Å². The predicted molar refractivity (Wildman–Crippen MR) is 56.1 cm³/mol. The second-order valence-corrected chi connectivity index (χ2v) is 3.60. The minimum atomic E-state index is -0.834. The van der Waals surface area contributed by atoms with Gasteiger partial charge in [-0.2, -0.15) is 5.26 Å². The van der Waals surface area contributed by atoms with E-state index in [1.807, 2.05) is 6.92 Å². The van der Waals surface area contributed by atoms with Crippen LogP contribution in [0.5, 0.6) is 5.75 Å². The first kappa shape index (κ1) is 12.4. The monoisotopic (exact) mass is 225 g/mol. The van der Waals surface area contributed by atoms with Crippen molar-refractivity contribution in [2.45, 2.75) is 32.8 Å². The molecule has 0 bridgehead atoms. The van der Waals surface area contributed by atoms with Crippen LogP contribution in [0.4, 0.5) is 8.78 Å². The van der Waals surface area contributed by atoms with Crippen LogP contribution in [-0.2, 0) is 0 Å². The predicted octanol–water partition coefficient (Wildman–Crippen LogP) is 3.40. The minimum absolute atomic E-state index is 0.0505. The third-order valence-corrected chi connectivity index (χ3v) is 2.14. The topological polar surface area (TPSA) is 33.0 Å². The van der Waals surface area contributed by atoms with Crippen molar-refractivity contribution in [3.8, 4) is 11.8 Å². The van der Waals surface area contributed by atoms with E-state index in [9.17, 15) is 8.78 Å². The van der Waals surface area contributed by atoms with Gasteiger partial charge < -0.3 is 4.74 Å². The summed E-state index contributed by atoms with van der Waals surface area (Å²) in [5.41, 5.74) is -0.0505. The van der Waals surface area contributed by atoms with Crippen molar-refractivity contribution in [1.29, 1.82) is 5.26 Å². The minimum Gasteiger partial charge on any atom is -0.485 e. The molecule has 86 valence electrons. The van der Waals surface area contributed by atoms with Gasteiger partial charge in [-0.1, -0.05) is 13.3 Å². The van der Waals surface area contributed by atoms with Crippen molar-refractivity contribution >= 4 is 0 Å². The van der Waals surface area contributed by atoms with Crippen LogP contribution in [0.3, 0.4) is 0 Å². The first-order valence-corrected chi connectivity index (χ1v) is 5.14. The van der Waals surface area contributed by atoms with Gasteiger partial charge in [-0.3, -0.25) is 0 Å². The highest BCUT2D eigenvalue weighted by molar-refractivity contribution is 5.37. The van der Waals surface area contributed by atoms with E-state index in [1.165, 1.54) is 0 Å². The average molecular weight is 225 g/mol. The normalized spacial score (nSPS) is 11.9. The van der Waals surface area contributed by atoms with E-state index in [2.05, 4.69) is 0 Å². The summed E-state index contributed by atoms with van der Waals surface area (Å²) in [7, 11) is 0. The summed E-state index contributed by atoms with van der Waals surface area (Å²) >= 11 is 0. The summed E-state index contributed by atoms with van der Waals surface area (Å²) in [4.78, 5) is 0. The fraction of sp³-hybridized carbons (Fsp3) is 0.417. The van der Waals surface area contributed by atoms with Gasteiger partial charge in [-0.15, -0.1) is 0 Å². The van der Waals surface area contributed by atoms with Crippen molar-refractivity contribution in [2.24, 2.45) is 0 Å². The van der Waals surface area contributed by atoms with Gasteiger partial charge in [-0.25, -0.2) is 8.78 Å². The molecule has 0 heterocycles. The molecule has 0 aromatic heterocycles. The Labute approximate surface area is 93.5 Å². The molecule has 0 aliphatic rings. The maximum atomic E-state index is 13.4. The van der Waals surface area contributed by atoms with Crippen LogP contribution in [0.25, 0.3) is 0 Å². The summed E-state index contributed by atoms with van der Waals surface area (Å²) in [6, 6.07) is 3.62. The SMILES string of the molecule is CCCC(C)Oc1c(F)cc(C#N)cc1F. The molecule has 0 fully saturated rings. The Morgan fingerprint density at radius 2 is 1.94 bits per heavy atom. The van der Waals surface area contributed by atoms with E-state index >= 15 is 0 Å². The zero-order valence-corrected chi connectivity index (χ0v) is 9.26. The number of hydrogen-bond donors (Lipinski definition) is 0. The van der Waals surface area contributed by atoms with Gasteiger partial charge in [0.25, 0.3) is 0 Å². The van der Waals surface area contributed by atoms with Crippen LogP contribution in [0.1, 0.15) is 32.3 Å². The molecule has 0 saturated carbocycles. The molecule has 1 aromatic rings. The van der Waals surface area contributed by atoms with Gasteiger partial charge in [0.15, 0.2) is 17.4 Å². The summed E-state index contributed by atoms with van der Waals surface area (Å²) in [5, 5.41) is 8.52. The van der Waals surface area contributed by atoms with E-state index in [-0.39, 0.29) is 11.7 Å². The molecule has 0 spiro atoms. The summed E-state index contributed by atoms with van der Waals surface area (Å²) in [6.07, 6.45) is 1.35. The van der Waals surface area contributed by atoms with Gasteiger partial charge in [0.05, 0.1) is 17.7 Å². The molecule has 16 heavy (non-hydrogen) atoms. The lowest BCUT2D eigenvalue weighted by molar-refractivity contribution is 0.191. The van der Waals surface area contributed by atoms with Gasteiger partial charge in [0, 0.05) is 0 Å². The Hall–Kier alpha value is -1.63. The molecule has 0 aliphatic heterocycles. The third-order valence-electron chi connectivity index (χ3n) is 2.14. The van der Waals surface area contributed by atoms with E-state index in [0.717, 1.165) is 25.0 Å². The third kappa shape index (κ3) is 2.93. The molecule has 0 N–H and O–H groups in total. The molecule has 1 aromatic carbocycles. The van der Waals surface area contributed by atoms with Crippen molar-refractivity contribution in [1.82, 2.24) is 0 Å². The molecule has 2 nitrogen and oxygen atoms in total. The lowest BCUT2D eigenvalue weighted by Gasteiger charge is -2.14. The molecule has 0 aliphatic carbocycles. The number of nitrogens with zero attached hydrogens (tertiary/aromatic N) is 1. The standard InChI is InChI=1S/C12H13F2NO/c1-3-4-8(2)16-12-10(13)5-9(7-15)6-11(12)14/h5-6,8H,3-4H2,1-2H3. The second-order valence-electron chi connectivity index (χ2n) is 3.60. The highest BCUT2D eigenvalue weighted by Crippen LogP contribution is 2.24. The Balaban J connectivity index is 2.93. The Morgan fingerprint density at radius 1 is 1.38 bits per heavy atom. The van der Waals surface area contributed by atoms with Crippen LogP contribution < -0.4 is 4.74 Å². The smallest absolute Gasteiger partial charge is 0.191 e. The first-order valence-electron chi connectivity index (χ1n) is 5.14. The van der Waals surface area contributed by atoms with E-state index < -0.39 is 17.4 Å². The fourth-order valence-corrected chi connectivity index (χ4v) is 1.40. The van der Waals surface area contributed by atoms with Gasteiger partial charge in [-0.05, 0) is 25.5 Å². The van der Waals surface area contributed by atoms with Crippen molar-refractivity contribution < 1.29 is 13.5 Å². The summed E-state index contributed by atoms with van der Waals surface area (Å²) in [5.74, 6) is -2.07. The molecule has 1 unspecified atom stereocenters. The van der Waals surface area contributed by atoms with E-state index in [4.69, 9.17) is 10.00 Å². The Morgan fingerprint density at radius 3 is 2.38 bits per heavy atom. The lowest BCUT2D eigenvalue weighted by Crippen LogP contribution is -2.13. The summed E-state index contributed by atoms with van der Waals surface area (Å²) < 4.78 is 31.9. The lowest BCUT2D eigenvalue weighted by atomic mass is 10.2. The molecule has 4 heteroatoms.